The Kier molecular flexibility index (Phi) is 5.32. The lowest BCUT2D eigenvalue weighted by atomic mass is 9.87. The minimum atomic E-state index is -0.0751. The van der Waals surface area contributed by atoms with E-state index in [0.717, 1.165) is 11.5 Å². The van der Waals surface area contributed by atoms with E-state index in [-0.39, 0.29) is 16.7 Å². The third-order valence-electron chi connectivity index (χ3n) is 4.50. The fraction of sp³-hybridized carbons (Fsp3) is 0.421. The van der Waals surface area contributed by atoms with Crippen molar-refractivity contribution in [1.82, 2.24) is 14.9 Å². The zero-order chi connectivity index (χ0) is 18.7. The van der Waals surface area contributed by atoms with E-state index in [2.05, 4.69) is 53.1 Å². The molecule has 0 aliphatic carbocycles. The largest absolute Gasteiger partial charge is 0.353 e. The molecule has 1 aromatic heterocycles. The van der Waals surface area contributed by atoms with Gasteiger partial charge in [0.1, 0.15) is 5.82 Å². The Balaban J connectivity index is 1.55. The highest BCUT2D eigenvalue weighted by Gasteiger charge is 2.22. The fourth-order valence-corrected chi connectivity index (χ4v) is 3.04. The number of benzene rings is 1. The number of nitrogens with zero attached hydrogens (tertiary/aromatic N) is 4. The molecule has 6 nitrogen and oxygen atoms in total. The van der Waals surface area contributed by atoms with E-state index in [4.69, 9.17) is 11.6 Å². The van der Waals surface area contributed by atoms with Gasteiger partial charge in [0.05, 0.1) is 0 Å². The number of anilines is 2. The minimum absolute atomic E-state index is 0.0751. The highest BCUT2D eigenvalue weighted by molar-refractivity contribution is 6.28. The number of aromatic nitrogens is 2. The van der Waals surface area contributed by atoms with Crippen molar-refractivity contribution in [1.29, 1.82) is 0 Å². The summed E-state index contributed by atoms with van der Waals surface area (Å²) in [6, 6.07) is 9.79. The second-order valence-corrected chi connectivity index (χ2v) is 7.75. The molecular formula is C19H24ClN5O. The van der Waals surface area contributed by atoms with E-state index in [0.29, 0.717) is 26.2 Å². The number of urea groups is 1. The summed E-state index contributed by atoms with van der Waals surface area (Å²) in [4.78, 5) is 24.5. The van der Waals surface area contributed by atoms with Gasteiger partial charge in [0.25, 0.3) is 0 Å². The Hall–Kier alpha value is -2.34. The lowest BCUT2D eigenvalue weighted by Gasteiger charge is -2.35. The average molecular weight is 374 g/mol. The number of hydrogen-bond acceptors (Lipinski definition) is 4. The molecule has 0 radical (unpaired) electrons. The summed E-state index contributed by atoms with van der Waals surface area (Å²) >= 11 is 5.85. The molecule has 0 saturated carbocycles. The van der Waals surface area contributed by atoms with Crippen molar-refractivity contribution in [2.75, 3.05) is 36.4 Å². The van der Waals surface area contributed by atoms with Crippen LogP contribution in [0.2, 0.25) is 5.28 Å². The molecule has 1 aliphatic rings. The molecule has 2 heterocycles. The molecule has 2 amide bonds. The van der Waals surface area contributed by atoms with Crippen LogP contribution in [-0.4, -0.2) is 47.1 Å². The Morgan fingerprint density at radius 1 is 1.08 bits per heavy atom. The van der Waals surface area contributed by atoms with Crippen molar-refractivity contribution in [2.45, 2.75) is 26.2 Å². The second-order valence-electron chi connectivity index (χ2n) is 7.42. The van der Waals surface area contributed by atoms with Crippen molar-refractivity contribution in [3.8, 4) is 0 Å². The van der Waals surface area contributed by atoms with Crippen molar-refractivity contribution in [3.05, 3.63) is 47.4 Å². The normalized spacial score (nSPS) is 15.1. The van der Waals surface area contributed by atoms with Crippen LogP contribution in [0.4, 0.5) is 16.3 Å². The van der Waals surface area contributed by atoms with Gasteiger partial charge in [-0.25, -0.2) is 14.8 Å². The maximum absolute atomic E-state index is 12.5. The molecule has 7 heteroatoms. The molecule has 1 N–H and O–H groups in total. The molecule has 0 bridgehead atoms. The summed E-state index contributed by atoms with van der Waals surface area (Å²) in [5, 5.41) is 3.21. The van der Waals surface area contributed by atoms with E-state index in [1.54, 1.807) is 6.20 Å². The van der Waals surface area contributed by atoms with E-state index in [1.807, 2.05) is 23.1 Å². The zero-order valence-electron chi connectivity index (χ0n) is 15.4. The Labute approximate surface area is 159 Å². The molecule has 1 fully saturated rings. The van der Waals surface area contributed by atoms with Gasteiger partial charge in [-0.2, -0.15) is 0 Å². The Bertz CT molecular complexity index is 764. The first-order valence-electron chi connectivity index (χ1n) is 8.73. The van der Waals surface area contributed by atoms with Crippen LogP contribution < -0.4 is 10.2 Å². The number of hydrogen-bond donors (Lipinski definition) is 1. The van der Waals surface area contributed by atoms with Crippen molar-refractivity contribution >= 4 is 29.1 Å². The molecule has 26 heavy (non-hydrogen) atoms. The first-order valence-corrected chi connectivity index (χ1v) is 9.11. The van der Waals surface area contributed by atoms with Crippen LogP contribution in [0.25, 0.3) is 0 Å². The van der Waals surface area contributed by atoms with E-state index in [1.165, 1.54) is 5.56 Å². The lowest BCUT2D eigenvalue weighted by Crippen LogP contribution is -2.50. The molecule has 0 spiro atoms. The standard InChI is InChI=1S/C19H24ClN5O/c1-19(2,3)14-4-6-15(7-5-14)22-18(26)25-12-10-24(11-13-25)16-8-9-21-17(20)23-16/h4-9H,10-13H2,1-3H3,(H,22,26). The van der Waals surface area contributed by atoms with Gasteiger partial charge in [-0.1, -0.05) is 32.9 Å². The number of nitrogens with one attached hydrogen (secondary N) is 1. The average Bonchev–Trinajstić information content (AvgIpc) is 2.61. The lowest BCUT2D eigenvalue weighted by molar-refractivity contribution is 0.208. The fourth-order valence-electron chi connectivity index (χ4n) is 2.90. The highest BCUT2D eigenvalue weighted by atomic mass is 35.5. The second kappa shape index (κ2) is 7.50. The van der Waals surface area contributed by atoms with E-state index < -0.39 is 0 Å². The number of amides is 2. The van der Waals surface area contributed by atoms with Gasteiger partial charge in [-0.05, 0) is 40.8 Å². The van der Waals surface area contributed by atoms with Crippen LogP contribution >= 0.6 is 11.6 Å². The number of carbonyl (C=O) groups is 1. The van der Waals surface area contributed by atoms with Gasteiger partial charge in [0.2, 0.25) is 5.28 Å². The summed E-state index contributed by atoms with van der Waals surface area (Å²) in [7, 11) is 0. The van der Waals surface area contributed by atoms with E-state index in [9.17, 15) is 4.79 Å². The molecule has 1 aliphatic heterocycles. The van der Waals surface area contributed by atoms with Gasteiger partial charge in [0, 0.05) is 38.1 Å². The summed E-state index contributed by atoms with van der Waals surface area (Å²) in [5.41, 5.74) is 2.16. The monoisotopic (exact) mass is 373 g/mol. The maximum Gasteiger partial charge on any atom is 0.321 e. The van der Waals surface area contributed by atoms with Crippen LogP contribution in [-0.2, 0) is 5.41 Å². The van der Waals surface area contributed by atoms with Crippen molar-refractivity contribution in [3.63, 3.8) is 0 Å². The van der Waals surface area contributed by atoms with Crippen LogP contribution in [0.15, 0.2) is 36.5 Å². The van der Waals surface area contributed by atoms with Crippen LogP contribution in [0.5, 0.6) is 0 Å². The predicted molar refractivity (Wildman–Crippen MR) is 105 cm³/mol. The van der Waals surface area contributed by atoms with Crippen LogP contribution in [0.1, 0.15) is 26.3 Å². The Morgan fingerprint density at radius 2 is 1.73 bits per heavy atom. The molecule has 3 rings (SSSR count). The van der Waals surface area contributed by atoms with Gasteiger partial charge in [-0.3, -0.25) is 0 Å². The SMILES string of the molecule is CC(C)(C)c1ccc(NC(=O)N2CCN(c3ccnc(Cl)n3)CC2)cc1. The van der Waals surface area contributed by atoms with Gasteiger partial charge >= 0.3 is 6.03 Å². The molecule has 0 atom stereocenters. The quantitative estimate of drug-likeness (QED) is 0.814. The molecule has 138 valence electrons. The Morgan fingerprint density at radius 3 is 2.31 bits per heavy atom. The molecular weight excluding hydrogens is 350 g/mol. The predicted octanol–water partition coefficient (Wildman–Crippen LogP) is 3.78. The number of carbonyl (C=O) groups excluding carboxylic acids is 1. The van der Waals surface area contributed by atoms with E-state index >= 15 is 0 Å². The van der Waals surface area contributed by atoms with Crippen LogP contribution in [0.3, 0.4) is 0 Å². The number of rotatable bonds is 2. The summed E-state index contributed by atoms with van der Waals surface area (Å²) in [6.07, 6.45) is 1.64. The third-order valence-corrected chi connectivity index (χ3v) is 4.69. The number of piperazine rings is 1. The first-order chi connectivity index (χ1) is 12.3. The number of halogens is 1. The first kappa shape index (κ1) is 18.5. The minimum Gasteiger partial charge on any atom is -0.353 e. The smallest absolute Gasteiger partial charge is 0.321 e. The summed E-state index contributed by atoms with van der Waals surface area (Å²) in [6.45, 7) is 9.20. The van der Waals surface area contributed by atoms with Gasteiger partial charge in [0.15, 0.2) is 0 Å². The van der Waals surface area contributed by atoms with Crippen molar-refractivity contribution < 1.29 is 4.79 Å². The maximum atomic E-state index is 12.5. The topological polar surface area (TPSA) is 61.4 Å². The summed E-state index contributed by atoms with van der Waals surface area (Å²) in [5.74, 6) is 0.794. The molecule has 1 saturated heterocycles. The highest BCUT2D eigenvalue weighted by Crippen LogP contribution is 2.23. The molecule has 2 aromatic rings. The molecule has 1 aromatic carbocycles. The van der Waals surface area contributed by atoms with Crippen LogP contribution in [0, 0.1) is 0 Å². The molecule has 0 unspecified atom stereocenters. The van der Waals surface area contributed by atoms with Crippen molar-refractivity contribution in [2.24, 2.45) is 0 Å². The van der Waals surface area contributed by atoms with Gasteiger partial charge < -0.3 is 15.1 Å². The zero-order valence-corrected chi connectivity index (χ0v) is 16.1. The summed E-state index contributed by atoms with van der Waals surface area (Å²) < 4.78 is 0. The third kappa shape index (κ3) is 4.43. The van der Waals surface area contributed by atoms with Gasteiger partial charge in [-0.15, -0.1) is 0 Å².